The highest BCUT2D eigenvalue weighted by atomic mass is 16.2. The monoisotopic (exact) mass is 279 g/mol. The first-order chi connectivity index (χ1) is 9.09. The largest absolute Gasteiger partial charge is 0.335 e. The SMILES string of the molecule is C=CCN(CC=C)C(=O)C(CC(C)(C)C)C(C)(C)CC. The fourth-order valence-corrected chi connectivity index (χ4v) is 2.34. The van der Waals surface area contributed by atoms with E-state index in [4.69, 9.17) is 0 Å². The normalized spacial score (nSPS) is 13.7. The average molecular weight is 279 g/mol. The fourth-order valence-electron chi connectivity index (χ4n) is 2.34. The number of hydrogen-bond acceptors (Lipinski definition) is 1. The molecular weight excluding hydrogens is 246 g/mol. The Morgan fingerprint density at radius 2 is 1.55 bits per heavy atom. The number of hydrogen-bond donors (Lipinski definition) is 0. The molecular formula is C18H33NO. The predicted octanol–water partition coefficient (Wildman–Crippen LogP) is 4.68. The number of rotatable bonds is 8. The molecule has 2 heteroatoms. The molecule has 1 atom stereocenters. The minimum absolute atomic E-state index is 0.00491. The Labute approximate surface area is 125 Å². The Morgan fingerprint density at radius 1 is 1.10 bits per heavy atom. The van der Waals surface area contributed by atoms with Crippen molar-refractivity contribution in [3.05, 3.63) is 25.3 Å². The van der Waals surface area contributed by atoms with Crippen LogP contribution in [0.3, 0.4) is 0 Å². The molecule has 0 aliphatic carbocycles. The molecule has 0 rings (SSSR count). The highest BCUT2D eigenvalue weighted by molar-refractivity contribution is 5.80. The number of nitrogens with zero attached hydrogens (tertiary/aromatic N) is 1. The van der Waals surface area contributed by atoms with Crippen molar-refractivity contribution in [2.45, 2.75) is 54.4 Å². The van der Waals surface area contributed by atoms with Gasteiger partial charge in [0.2, 0.25) is 5.91 Å². The molecule has 1 unspecified atom stereocenters. The van der Waals surface area contributed by atoms with Crippen LogP contribution >= 0.6 is 0 Å². The second-order valence-corrected chi connectivity index (χ2v) is 7.48. The standard InChI is InChI=1S/C18H33NO/c1-9-12-19(13-10-2)16(20)15(14-17(4,5)6)18(7,8)11-3/h9-10,15H,1-2,11-14H2,3-8H3. The summed E-state index contributed by atoms with van der Waals surface area (Å²) in [4.78, 5) is 14.8. The molecule has 116 valence electrons. The van der Waals surface area contributed by atoms with E-state index in [1.54, 1.807) is 12.2 Å². The van der Waals surface area contributed by atoms with Gasteiger partial charge in [0.25, 0.3) is 0 Å². The summed E-state index contributed by atoms with van der Waals surface area (Å²) in [6.45, 7) is 21.8. The molecule has 0 saturated heterocycles. The summed E-state index contributed by atoms with van der Waals surface area (Å²) in [7, 11) is 0. The van der Waals surface area contributed by atoms with Crippen LogP contribution in [0.2, 0.25) is 0 Å². The van der Waals surface area contributed by atoms with Gasteiger partial charge >= 0.3 is 0 Å². The first-order valence-electron chi connectivity index (χ1n) is 7.59. The summed E-state index contributed by atoms with van der Waals surface area (Å²) in [6.07, 6.45) is 5.47. The van der Waals surface area contributed by atoms with E-state index in [0.717, 1.165) is 12.8 Å². The van der Waals surface area contributed by atoms with Crippen molar-refractivity contribution in [1.82, 2.24) is 4.90 Å². The first-order valence-corrected chi connectivity index (χ1v) is 7.59. The van der Waals surface area contributed by atoms with E-state index in [1.807, 2.05) is 4.90 Å². The van der Waals surface area contributed by atoms with Crippen LogP contribution in [0.25, 0.3) is 0 Å². The van der Waals surface area contributed by atoms with Crippen molar-refractivity contribution in [2.24, 2.45) is 16.7 Å². The quantitative estimate of drug-likeness (QED) is 0.591. The molecule has 0 heterocycles. The van der Waals surface area contributed by atoms with Gasteiger partial charge in [0.1, 0.15) is 0 Å². The van der Waals surface area contributed by atoms with Crippen molar-refractivity contribution in [2.75, 3.05) is 13.1 Å². The topological polar surface area (TPSA) is 20.3 Å². The Balaban J connectivity index is 5.33. The minimum Gasteiger partial charge on any atom is -0.335 e. The zero-order valence-electron chi connectivity index (χ0n) is 14.3. The van der Waals surface area contributed by atoms with Gasteiger partial charge in [0.15, 0.2) is 0 Å². The van der Waals surface area contributed by atoms with Crippen molar-refractivity contribution >= 4 is 5.91 Å². The lowest BCUT2D eigenvalue weighted by Crippen LogP contribution is -2.43. The van der Waals surface area contributed by atoms with Gasteiger partial charge in [0, 0.05) is 19.0 Å². The third-order valence-electron chi connectivity index (χ3n) is 3.98. The molecule has 0 aliphatic rings. The molecule has 2 nitrogen and oxygen atoms in total. The molecule has 0 aliphatic heterocycles. The van der Waals surface area contributed by atoms with Gasteiger partial charge in [0.05, 0.1) is 0 Å². The van der Waals surface area contributed by atoms with E-state index < -0.39 is 0 Å². The number of amides is 1. The first kappa shape index (κ1) is 18.9. The summed E-state index contributed by atoms with van der Waals surface area (Å²) in [5.41, 5.74) is 0.145. The van der Waals surface area contributed by atoms with Crippen molar-refractivity contribution < 1.29 is 4.79 Å². The Morgan fingerprint density at radius 3 is 1.85 bits per heavy atom. The van der Waals surface area contributed by atoms with Gasteiger partial charge in [-0.25, -0.2) is 0 Å². The summed E-state index contributed by atoms with van der Waals surface area (Å²) < 4.78 is 0. The predicted molar refractivity (Wildman–Crippen MR) is 88.6 cm³/mol. The Bertz CT molecular complexity index is 326. The molecule has 0 fully saturated rings. The molecule has 0 saturated carbocycles. The minimum atomic E-state index is 0.00491. The van der Waals surface area contributed by atoms with Gasteiger partial charge in [-0.3, -0.25) is 4.79 Å². The summed E-state index contributed by atoms with van der Waals surface area (Å²) in [6, 6.07) is 0. The lowest BCUT2D eigenvalue weighted by molar-refractivity contribution is -0.140. The second kappa shape index (κ2) is 7.66. The maximum Gasteiger partial charge on any atom is 0.226 e. The van der Waals surface area contributed by atoms with E-state index >= 15 is 0 Å². The van der Waals surface area contributed by atoms with Gasteiger partial charge < -0.3 is 4.90 Å². The fraction of sp³-hybridized carbons (Fsp3) is 0.722. The maximum absolute atomic E-state index is 12.9. The van der Waals surface area contributed by atoms with E-state index in [2.05, 4.69) is 54.7 Å². The smallest absolute Gasteiger partial charge is 0.226 e. The zero-order chi connectivity index (χ0) is 16.0. The van der Waals surface area contributed by atoms with Crippen LogP contribution in [0.5, 0.6) is 0 Å². The third kappa shape index (κ3) is 5.94. The van der Waals surface area contributed by atoms with Crippen LogP contribution in [0.4, 0.5) is 0 Å². The molecule has 0 bridgehead atoms. The molecule has 0 spiro atoms. The average Bonchev–Trinajstić information content (AvgIpc) is 2.33. The Kier molecular flexibility index (Phi) is 7.26. The summed E-state index contributed by atoms with van der Waals surface area (Å²) in [5.74, 6) is 0.263. The highest BCUT2D eigenvalue weighted by Crippen LogP contribution is 2.39. The van der Waals surface area contributed by atoms with E-state index in [1.165, 1.54) is 0 Å². The Hall–Kier alpha value is -1.05. The van der Waals surface area contributed by atoms with Crippen LogP contribution in [0.1, 0.15) is 54.4 Å². The molecule has 0 aromatic heterocycles. The van der Waals surface area contributed by atoms with Gasteiger partial charge in [-0.1, -0.05) is 60.1 Å². The van der Waals surface area contributed by atoms with E-state index in [-0.39, 0.29) is 22.7 Å². The molecule has 20 heavy (non-hydrogen) atoms. The summed E-state index contributed by atoms with van der Waals surface area (Å²) >= 11 is 0. The van der Waals surface area contributed by atoms with E-state index in [9.17, 15) is 4.79 Å². The van der Waals surface area contributed by atoms with Crippen molar-refractivity contribution in [3.63, 3.8) is 0 Å². The van der Waals surface area contributed by atoms with Crippen LogP contribution in [-0.2, 0) is 4.79 Å². The molecule has 0 aromatic carbocycles. The maximum atomic E-state index is 12.9. The third-order valence-corrected chi connectivity index (χ3v) is 3.98. The van der Waals surface area contributed by atoms with Gasteiger partial charge in [-0.2, -0.15) is 0 Å². The zero-order valence-corrected chi connectivity index (χ0v) is 14.3. The van der Waals surface area contributed by atoms with Gasteiger partial charge in [-0.05, 0) is 17.3 Å². The van der Waals surface area contributed by atoms with Gasteiger partial charge in [-0.15, -0.1) is 13.2 Å². The summed E-state index contributed by atoms with van der Waals surface area (Å²) in [5, 5.41) is 0. The van der Waals surface area contributed by atoms with Crippen LogP contribution in [-0.4, -0.2) is 23.9 Å². The van der Waals surface area contributed by atoms with E-state index in [0.29, 0.717) is 13.1 Å². The molecule has 0 aromatic rings. The molecule has 0 radical (unpaired) electrons. The number of carbonyl (C=O) groups is 1. The van der Waals surface area contributed by atoms with Crippen molar-refractivity contribution in [3.8, 4) is 0 Å². The van der Waals surface area contributed by atoms with Crippen LogP contribution < -0.4 is 0 Å². The molecule has 0 N–H and O–H groups in total. The van der Waals surface area contributed by atoms with Crippen molar-refractivity contribution in [1.29, 1.82) is 0 Å². The lowest BCUT2D eigenvalue weighted by atomic mass is 9.69. The number of carbonyl (C=O) groups excluding carboxylic acids is 1. The van der Waals surface area contributed by atoms with Crippen LogP contribution in [0, 0.1) is 16.7 Å². The highest BCUT2D eigenvalue weighted by Gasteiger charge is 2.38. The lowest BCUT2D eigenvalue weighted by Gasteiger charge is -2.39. The molecule has 1 amide bonds. The van der Waals surface area contributed by atoms with Crippen LogP contribution in [0.15, 0.2) is 25.3 Å². The second-order valence-electron chi connectivity index (χ2n) is 7.48.